The molecule has 0 atom stereocenters. The van der Waals surface area contributed by atoms with Gasteiger partial charge in [-0.15, -0.1) is 6.58 Å². The lowest BCUT2D eigenvalue weighted by molar-refractivity contribution is -0.241. The van der Waals surface area contributed by atoms with E-state index in [0.717, 1.165) is 12.8 Å². The van der Waals surface area contributed by atoms with Crippen LogP contribution in [-0.4, -0.2) is 20.7 Å². The van der Waals surface area contributed by atoms with Crippen LogP contribution in [0.15, 0.2) is 36.5 Å². The minimum atomic E-state index is -1.60. The van der Waals surface area contributed by atoms with Gasteiger partial charge in [0.1, 0.15) is 8.07 Å². The third-order valence-corrected chi connectivity index (χ3v) is 9.43. The van der Waals surface area contributed by atoms with E-state index in [1.54, 1.807) is 0 Å². The van der Waals surface area contributed by atoms with E-state index in [1.807, 2.05) is 30.0 Å². The molecular weight excluding hydrogens is 424 g/mol. The molecule has 0 aromatic heterocycles. The van der Waals surface area contributed by atoms with E-state index >= 15 is 0 Å². The Labute approximate surface area is 205 Å². The molecule has 0 aliphatic heterocycles. The summed E-state index contributed by atoms with van der Waals surface area (Å²) < 4.78 is 0. The standard InChI is InChI=1S/C29H50O3Si/c1-5-7-8-9-10-11-12-13-14-15-16-17-18-19-20-21-26-31-32-29(30)27-22-24-28(25-23-27)33(3,4)6-2/h6,22-25H,2,5,7-21,26H2,1,3-4H3. The second-order valence-corrected chi connectivity index (χ2v) is 14.4. The van der Waals surface area contributed by atoms with E-state index in [0.29, 0.717) is 12.2 Å². The van der Waals surface area contributed by atoms with Crippen LogP contribution in [0.1, 0.15) is 120 Å². The van der Waals surface area contributed by atoms with Crippen molar-refractivity contribution in [1.82, 2.24) is 0 Å². The van der Waals surface area contributed by atoms with Gasteiger partial charge in [-0.05, 0) is 18.6 Å². The highest BCUT2D eigenvalue weighted by atomic mass is 28.3. The van der Waals surface area contributed by atoms with E-state index in [1.165, 1.54) is 95.1 Å². The van der Waals surface area contributed by atoms with Crippen LogP contribution < -0.4 is 5.19 Å². The van der Waals surface area contributed by atoms with Crippen molar-refractivity contribution in [2.75, 3.05) is 6.61 Å². The van der Waals surface area contributed by atoms with Crippen molar-refractivity contribution in [2.45, 2.75) is 123 Å². The number of carbonyl (C=O) groups is 1. The van der Waals surface area contributed by atoms with Crippen LogP contribution in [0, 0.1) is 0 Å². The van der Waals surface area contributed by atoms with E-state index in [2.05, 4.69) is 26.6 Å². The molecule has 188 valence electrons. The number of unbranched alkanes of at least 4 members (excludes halogenated alkanes) is 15. The van der Waals surface area contributed by atoms with Gasteiger partial charge in [-0.25, -0.2) is 4.79 Å². The molecule has 1 aromatic rings. The summed E-state index contributed by atoms with van der Waals surface area (Å²) in [5.74, 6) is -0.420. The summed E-state index contributed by atoms with van der Waals surface area (Å²) in [7, 11) is -1.60. The van der Waals surface area contributed by atoms with Gasteiger partial charge in [0, 0.05) is 0 Å². The first kappa shape index (κ1) is 29.6. The second kappa shape index (κ2) is 19.0. The number of benzene rings is 1. The Morgan fingerprint density at radius 1 is 0.758 bits per heavy atom. The lowest BCUT2D eigenvalue weighted by Crippen LogP contribution is -2.39. The predicted octanol–water partition coefficient (Wildman–Crippen LogP) is 8.68. The third-order valence-electron chi connectivity index (χ3n) is 6.59. The zero-order chi connectivity index (χ0) is 24.2. The lowest BCUT2D eigenvalue weighted by atomic mass is 10.0. The van der Waals surface area contributed by atoms with Gasteiger partial charge in [0.25, 0.3) is 0 Å². The Morgan fingerprint density at radius 3 is 1.61 bits per heavy atom. The van der Waals surface area contributed by atoms with Gasteiger partial charge in [0.2, 0.25) is 0 Å². The Hall–Kier alpha value is -1.39. The van der Waals surface area contributed by atoms with Gasteiger partial charge in [-0.3, -0.25) is 4.89 Å². The minimum absolute atomic E-state index is 0.420. The highest BCUT2D eigenvalue weighted by Crippen LogP contribution is 2.14. The zero-order valence-corrected chi connectivity index (χ0v) is 22.8. The first-order valence-corrected chi connectivity index (χ1v) is 16.7. The highest BCUT2D eigenvalue weighted by Gasteiger charge is 2.19. The maximum absolute atomic E-state index is 12.1. The fourth-order valence-electron chi connectivity index (χ4n) is 4.01. The summed E-state index contributed by atoms with van der Waals surface area (Å²) in [6, 6.07) is 7.63. The monoisotopic (exact) mass is 474 g/mol. The molecule has 1 rings (SSSR count). The first-order valence-electron chi connectivity index (χ1n) is 13.6. The van der Waals surface area contributed by atoms with Gasteiger partial charge in [-0.2, -0.15) is 4.89 Å². The quantitative estimate of drug-likeness (QED) is 0.0773. The summed E-state index contributed by atoms with van der Waals surface area (Å²) in [5, 5.41) is 1.25. The van der Waals surface area contributed by atoms with Crippen molar-refractivity contribution >= 4 is 19.2 Å². The summed E-state index contributed by atoms with van der Waals surface area (Å²) in [6.07, 6.45) is 21.4. The van der Waals surface area contributed by atoms with Crippen LogP contribution in [0.4, 0.5) is 0 Å². The van der Waals surface area contributed by atoms with Gasteiger partial charge in [0.05, 0.1) is 12.2 Å². The van der Waals surface area contributed by atoms with E-state index in [9.17, 15) is 4.79 Å². The van der Waals surface area contributed by atoms with E-state index < -0.39 is 14.0 Å². The molecule has 0 amide bonds. The molecule has 3 nitrogen and oxygen atoms in total. The maximum atomic E-state index is 12.1. The molecule has 0 saturated heterocycles. The molecule has 0 radical (unpaired) electrons. The molecule has 33 heavy (non-hydrogen) atoms. The minimum Gasteiger partial charge on any atom is -0.293 e. The molecule has 0 bridgehead atoms. The maximum Gasteiger partial charge on any atom is 0.373 e. The second-order valence-electron chi connectivity index (χ2n) is 10.00. The summed E-state index contributed by atoms with van der Waals surface area (Å²) in [4.78, 5) is 22.2. The van der Waals surface area contributed by atoms with E-state index in [-0.39, 0.29) is 0 Å². The first-order chi connectivity index (χ1) is 16.0. The lowest BCUT2D eigenvalue weighted by Gasteiger charge is -2.17. The Balaban J connectivity index is 1.90. The SMILES string of the molecule is C=C[Si](C)(C)c1ccc(C(=O)OOCCCCCCCCCCCCCCCCCC)cc1. The van der Waals surface area contributed by atoms with Crippen LogP contribution in [0.2, 0.25) is 13.1 Å². The topological polar surface area (TPSA) is 35.5 Å². The molecule has 0 saturated carbocycles. The van der Waals surface area contributed by atoms with Gasteiger partial charge >= 0.3 is 5.97 Å². The number of hydrogen-bond donors (Lipinski definition) is 0. The normalized spacial score (nSPS) is 11.5. The number of rotatable bonds is 21. The van der Waals surface area contributed by atoms with Crippen molar-refractivity contribution in [3.8, 4) is 0 Å². The van der Waals surface area contributed by atoms with Gasteiger partial charge in [0.15, 0.2) is 0 Å². The van der Waals surface area contributed by atoms with Gasteiger partial charge in [-0.1, -0.05) is 139 Å². The van der Waals surface area contributed by atoms with Crippen molar-refractivity contribution in [3.05, 3.63) is 42.1 Å². The molecule has 0 unspecified atom stereocenters. The van der Waals surface area contributed by atoms with Crippen LogP contribution in [0.25, 0.3) is 0 Å². The fourth-order valence-corrected chi connectivity index (χ4v) is 5.27. The van der Waals surface area contributed by atoms with Crippen LogP contribution in [0.5, 0.6) is 0 Å². The summed E-state index contributed by atoms with van der Waals surface area (Å²) in [6.45, 7) is 11.1. The van der Waals surface area contributed by atoms with Crippen molar-refractivity contribution in [2.24, 2.45) is 0 Å². The van der Waals surface area contributed by atoms with Crippen molar-refractivity contribution < 1.29 is 14.6 Å². The largest absolute Gasteiger partial charge is 0.373 e. The molecule has 1 aromatic carbocycles. The number of hydrogen-bond acceptors (Lipinski definition) is 3. The van der Waals surface area contributed by atoms with Crippen molar-refractivity contribution in [1.29, 1.82) is 0 Å². The number of carbonyl (C=O) groups excluding carboxylic acids is 1. The molecule has 0 spiro atoms. The average Bonchev–Trinajstić information content (AvgIpc) is 2.83. The van der Waals surface area contributed by atoms with Crippen molar-refractivity contribution in [3.63, 3.8) is 0 Å². The van der Waals surface area contributed by atoms with Crippen LogP contribution >= 0.6 is 0 Å². The molecule has 0 N–H and O–H groups in total. The third kappa shape index (κ3) is 14.5. The smallest absolute Gasteiger partial charge is 0.293 e. The molecular formula is C29H50O3Si. The summed E-state index contributed by atoms with van der Waals surface area (Å²) in [5.41, 5.74) is 2.57. The molecule has 0 aliphatic rings. The molecule has 0 aliphatic carbocycles. The molecule has 4 heteroatoms. The zero-order valence-electron chi connectivity index (χ0n) is 21.8. The Morgan fingerprint density at radius 2 is 1.18 bits per heavy atom. The molecule has 0 heterocycles. The Bertz CT molecular complexity index is 624. The summed E-state index contributed by atoms with van der Waals surface area (Å²) >= 11 is 0. The highest BCUT2D eigenvalue weighted by molar-refractivity contribution is 6.93. The fraction of sp³-hybridized carbons (Fsp3) is 0.690. The predicted molar refractivity (Wildman–Crippen MR) is 145 cm³/mol. The van der Waals surface area contributed by atoms with Crippen LogP contribution in [0.3, 0.4) is 0 Å². The van der Waals surface area contributed by atoms with E-state index in [4.69, 9.17) is 9.78 Å². The molecule has 0 fully saturated rings. The van der Waals surface area contributed by atoms with Crippen LogP contribution in [-0.2, 0) is 9.78 Å². The average molecular weight is 475 g/mol. The van der Waals surface area contributed by atoms with Gasteiger partial charge < -0.3 is 0 Å². The Kier molecular flexibility index (Phi) is 17.0.